The number of aliphatic hydroxyl groups is 1. The summed E-state index contributed by atoms with van der Waals surface area (Å²) in [6.45, 7) is -0.117. The highest BCUT2D eigenvalue weighted by Crippen LogP contribution is 2.41. The van der Waals surface area contributed by atoms with Gasteiger partial charge in [-0.25, -0.2) is 0 Å². The van der Waals surface area contributed by atoms with Crippen LogP contribution in [0.1, 0.15) is 35.1 Å². The maximum atomic E-state index is 13.2. The fourth-order valence-corrected chi connectivity index (χ4v) is 4.41. The smallest absolute Gasteiger partial charge is 0.304 e. The first-order valence-corrected chi connectivity index (χ1v) is 11.1. The lowest BCUT2D eigenvalue weighted by Gasteiger charge is -2.29. The Labute approximate surface area is 206 Å². The number of hydrogen-bond donors (Lipinski definition) is 2. The summed E-state index contributed by atoms with van der Waals surface area (Å²) < 4.78 is 0. The van der Waals surface area contributed by atoms with Gasteiger partial charge in [0, 0.05) is 30.2 Å². The number of aliphatic hydroxyl groups excluding tert-OH is 1. The number of rotatable bonds is 8. The van der Waals surface area contributed by atoms with Gasteiger partial charge in [0.05, 0.1) is 23.0 Å². The summed E-state index contributed by atoms with van der Waals surface area (Å²) in [4.78, 5) is 49.9. The summed E-state index contributed by atoms with van der Waals surface area (Å²) in [6, 6.07) is 21.3. The Kier molecular flexibility index (Phi) is 6.91. The van der Waals surface area contributed by atoms with Crippen molar-refractivity contribution in [1.29, 1.82) is 0 Å². The number of nitro benzene ring substituents is 1. The van der Waals surface area contributed by atoms with Crippen molar-refractivity contribution in [1.82, 2.24) is 4.90 Å². The highest BCUT2D eigenvalue weighted by atomic mass is 16.6. The highest BCUT2D eigenvalue weighted by Gasteiger charge is 2.47. The molecular formula is C27H22N2O7. The van der Waals surface area contributed by atoms with Crippen molar-refractivity contribution in [2.75, 3.05) is 6.54 Å². The van der Waals surface area contributed by atoms with Crippen LogP contribution >= 0.6 is 0 Å². The van der Waals surface area contributed by atoms with E-state index in [1.165, 1.54) is 29.2 Å². The zero-order valence-corrected chi connectivity index (χ0v) is 19.0. The fraction of sp³-hybridized carbons (Fsp3) is 0.148. The Balaban J connectivity index is 1.84. The second-order valence-corrected chi connectivity index (χ2v) is 8.37. The van der Waals surface area contributed by atoms with Crippen LogP contribution in [0.3, 0.4) is 0 Å². The summed E-state index contributed by atoms with van der Waals surface area (Å²) in [6.07, 6.45) is -0.293. The topological polar surface area (TPSA) is 138 Å². The predicted molar refractivity (Wildman–Crippen MR) is 130 cm³/mol. The Morgan fingerprint density at radius 1 is 0.917 bits per heavy atom. The molecule has 1 fully saturated rings. The van der Waals surface area contributed by atoms with Gasteiger partial charge in [0.15, 0.2) is 0 Å². The Morgan fingerprint density at radius 3 is 2.06 bits per heavy atom. The van der Waals surface area contributed by atoms with Gasteiger partial charge in [-0.1, -0.05) is 60.7 Å². The number of nitrogens with zero attached hydrogens (tertiary/aromatic N) is 2. The lowest BCUT2D eigenvalue weighted by atomic mass is 9.92. The predicted octanol–water partition coefficient (Wildman–Crippen LogP) is 4.28. The minimum absolute atomic E-state index is 0.117. The standard InChI is InChI=1S/C27H22N2O7/c30-22(31)15-20(17-7-3-1-4-8-17)16-28-24(18-11-13-21(14-12-18)29(35)36)23(26(33)27(28)34)25(32)19-9-5-2-6-10-19/h1-14,20,24,32H,15-16H2,(H,30,31)/b25-23+. The van der Waals surface area contributed by atoms with Gasteiger partial charge < -0.3 is 15.1 Å². The van der Waals surface area contributed by atoms with Crippen molar-refractivity contribution in [2.45, 2.75) is 18.4 Å². The molecule has 0 spiro atoms. The van der Waals surface area contributed by atoms with Crippen LogP contribution in [-0.2, 0) is 14.4 Å². The van der Waals surface area contributed by atoms with Crippen molar-refractivity contribution in [3.8, 4) is 0 Å². The normalized spacial score (nSPS) is 17.7. The second-order valence-electron chi connectivity index (χ2n) is 8.37. The molecule has 1 amide bonds. The number of nitro groups is 1. The first-order valence-electron chi connectivity index (χ1n) is 11.1. The van der Waals surface area contributed by atoms with E-state index >= 15 is 0 Å². The molecule has 0 bridgehead atoms. The quantitative estimate of drug-likeness (QED) is 0.159. The van der Waals surface area contributed by atoms with E-state index in [0.717, 1.165) is 0 Å². The summed E-state index contributed by atoms with van der Waals surface area (Å²) in [5.41, 5.74) is 1.04. The molecule has 3 aromatic carbocycles. The molecule has 9 nitrogen and oxygen atoms in total. The highest BCUT2D eigenvalue weighted by molar-refractivity contribution is 6.46. The van der Waals surface area contributed by atoms with Gasteiger partial charge in [0.1, 0.15) is 5.76 Å². The lowest BCUT2D eigenvalue weighted by molar-refractivity contribution is -0.384. The van der Waals surface area contributed by atoms with Gasteiger partial charge in [0.2, 0.25) is 0 Å². The molecule has 2 atom stereocenters. The largest absolute Gasteiger partial charge is 0.507 e. The summed E-state index contributed by atoms with van der Waals surface area (Å²) in [5.74, 6) is -3.89. The van der Waals surface area contributed by atoms with Gasteiger partial charge in [-0.2, -0.15) is 0 Å². The number of carbonyl (C=O) groups excluding carboxylic acids is 2. The third-order valence-electron chi connectivity index (χ3n) is 6.12. The molecule has 3 aromatic rings. The molecule has 1 heterocycles. The van der Waals surface area contributed by atoms with Gasteiger partial charge in [-0.15, -0.1) is 0 Å². The molecule has 4 rings (SSSR count). The van der Waals surface area contributed by atoms with Crippen LogP contribution in [0.15, 0.2) is 90.5 Å². The molecule has 182 valence electrons. The molecule has 1 saturated heterocycles. The Morgan fingerprint density at radius 2 is 1.50 bits per heavy atom. The van der Waals surface area contributed by atoms with Crippen molar-refractivity contribution in [3.63, 3.8) is 0 Å². The van der Waals surface area contributed by atoms with Crippen LogP contribution in [0.2, 0.25) is 0 Å². The molecule has 2 unspecified atom stereocenters. The minimum Gasteiger partial charge on any atom is -0.507 e. The molecular weight excluding hydrogens is 464 g/mol. The van der Waals surface area contributed by atoms with Crippen molar-refractivity contribution >= 4 is 29.1 Å². The molecule has 0 saturated carbocycles. The summed E-state index contributed by atoms with van der Waals surface area (Å²) in [5, 5.41) is 31.7. The number of amides is 1. The van der Waals surface area contributed by atoms with Crippen molar-refractivity contribution in [2.24, 2.45) is 0 Å². The number of hydrogen-bond acceptors (Lipinski definition) is 6. The van der Waals surface area contributed by atoms with E-state index in [-0.39, 0.29) is 30.0 Å². The van der Waals surface area contributed by atoms with E-state index in [0.29, 0.717) is 16.7 Å². The van der Waals surface area contributed by atoms with E-state index < -0.39 is 34.5 Å². The average molecular weight is 486 g/mol. The summed E-state index contributed by atoms with van der Waals surface area (Å²) in [7, 11) is 0. The zero-order valence-electron chi connectivity index (χ0n) is 19.0. The first kappa shape index (κ1) is 24.3. The number of carboxylic acid groups (broad SMARTS) is 1. The number of Topliss-reactive ketones (excluding diaryl/α,β-unsaturated/α-hetero) is 1. The Bertz CT molecular complexity index is 1340. The minimum atomic E-state index is -1.07. The lowest BCUT2D eigenvalue weighted by Crippen LogP contribution is -2.34. The Hall–Kier alpha value is -4.79. The number of non-ortho nitro benzene ring substituents is 1. The number of carboxylic acids is 1. The van der Waals surface area contributed by atoms with Crippen LogP contribution in [0.25, 0.3) is 5.76 Å². The monoisotopic (exact) mass is 486 g/mol. The van der Waals surface area contributed by atoms with E-state index in [1.54, 1.807) is 60.7 Å². The number of ketones is 1. The van der Waals surface area contributed by atoms with Gasteiger partial charge >= 0.3 is 5.97 Å². The number of benzene rings is 3. The molecule has 0 aromatic heterocycles. The third kappa shape index (κ3) is 4.85. The zero-order chi connectivity index (χ0) is 25.8. The van der Waals surface area contributed by atoms with Crippen LogP contribution < -0.4 is 0 Å². The summed E-state index contributed by atoms with van der Waals surface area (Å²) >= 11 is 0. The van der Waals surface area contributed by atoms with Gasteiger partial charge in [0.25, 0.3) is 17.4 Å². The molecule has 0 aliphatic carbocycles. The second kappa shape index (κ2) is 10.2. The van der Waals surface area contributed by atoms with Crippen LogP contribution in [0.5, 0.6) is 0 Å². The van der Waals surface area contributed by atoms with Gasteiger partial charge in [-0.05, 0) is 23.3 Å². The SMILES string of the molecule is O=C(O)CC(CN1C(=O)C(=O)/C(=C(/O)c2ccccc2)C1c1ccc([N+](=O)[O-])cc1)c1ccccc1. The average Bonchev–Trinajstić information content (AvgIpc) is 3.13. The molecule has 0 radical (unpaired) electrons. The number of aliphatic carboxylic acids is 1. The first-order chi connectivity index (χ1) is 17.3. The fourth-order valence-electron chi connectivity index (χ4n) is 4.41. The molecule has 36 heavy (non-hydrogen) atoms. The molecule has 2 N–H and O–H groups in total. The van der Waals surface area contributed by atoms with E-state index in [1.807, 2.05) is 0 Å². The van der Waals surface area contributed by atoms with E-state index in [4.69, 9.17) is 0 Å². The van der Waals surface area contributed by atoms with Crippen LogP contribution in [0.4, 0.5) is 5.69 Å². The van der Waals surface area contributed by atoms with Gasteiger partial charge in [-0.3, -0.25) is 24.5 Å². The van der Waals surface area contributed by atoms with Crippen molar-refractivity contribution < 1.29 is 29.5 Å². The van der Waals surface area contributed by atoms with E-state index in [2.05, 4.69) is 0 Å². The van der Waals surface area contributed by atoms with Crippen LogP contribution in [-0.4, -0.2) is 44.2 Å². The maximum absolute atomic E-state index is 13.2. The maximum Gasteiger partial charge on any atom is 0.304 e. The number of likely N-dealkylation sites (tertiary alicyclic amines) is 1. The van der Waals surface area contributed by atoms with Crippen LogP contribution in [0, 0.1) is 10.1 Å². The van der Waals surface area contributed by atoms with E-state index in [9.17, 15) is 34.7 Å². The molecule has 1 aliphatic rings. The molecule has 1 aliphatic heterocycles. The third-order valence-corrected chi connectivity index (χ3v) is 6.12. The number of carbonyl (C=O) groups is 3. The molecule has 9 heteroatoms. The van der Waals surface area contributed by atoms with Crippen molar-refractivity contribution in [3.05, 3.63) is 117 Å².